The molecule has 0 saturated carbocycles. The quantitative estimate of drug-likeness (QED) is 0.719. The zero-order valence-electron chi connectivity index (χ0n) is 9.44. The maximum atomic E-state index is 9.07. The summed E-state index contributed by atoms with van der Waals surface area (Å²) in [5.41, 5.74) is 1.17. The monoisotopic (exact) mass is 210 g/mol. The molecule has 3 N–H and O–H groups in total. The van der Waals surface area contributed by atoms with Gasteiger partial charge in [0.15, 0.2) is 0 Å². The van der Waals surface area contributed by atoms with E-state index in [0.29, 0.717) is 0 Å². The second-order valence-corrected chi connectivity index (χ2v) is 3.60. The summed E-state index contributed by atoms with van der Waals surface area (Å²) >= 11 is 0. The minimum atomic E-state index is 0.228. The number of methoxy groups -OCH3 is 1. The molecule has 3 heteroatoms. The van der Waals surface area contributed by atoms with Crippen LogP contribution in [0.3, 0.4) is 0 Å². The van der Waals surface area contributed by atoms with Gasteiger partial charge in [0.1, 0.15) is 18.3 Å². The zero-order valence-corrected chi connectivity index (χ0v) is 9.44. The van der Waals surface area contributed by atoms with Gasteiger partial charge in [0, 0.05) is 5.56 Å². The molecule has 1 rings (SSSR count). The molecule has 1 aromatic carbocycles. The van der Waals surface area contributed by atoms with Crippen LogP contribution < -0.4 is 10.1 Å². The topological polar surface area (TPSA) is 46.1 Å². The summed E-state index contributed by atoms with van der Waals surface area (Å²) in [5, 5.41) is 11.2. The summed E-state index contributed by atoms with van der Waals surface area (Å²) in [4.78, 5) is 0. The first-order chi connectivity index (χ1) is 7.31. The molecule has 1 aromatic rings. The van der Waals surface area contributed by atoms with Crippen LogP contribution in [0.25, 0.3) is 0 Å². The van der Waals surface area contributed by atoms with Gasteiger partial charge in [-0.25, -0.2) is 0 Å². The van der Waals surface area contributed by atoms with Crippen LogP contribution in [0, 0.1) is 0 Å². The van der Waals surface area contributed by atoms with Crippen LogP contribution in [0.4, 0.5) is 0 Å². The Morgan fingerprint density at radius 2 is 2.13 bits per heavy atom. The van der Waals surface area contributed by atoms with E-state index in [1.165, 1.54) is 5.56 Å². The minimum absolute atomic E-state index is 0.228. The molecule has 0 heterocycles. The second-order valence-electron chi connectivity index (χ2n) is 3.60. The number of hydrogen-bond donors (Lipinski definition) is 2. The van der Waals surface area contributed by atoms with Crippen molar-refractivity contribution in [1.82, 2.24) is 0 Å². The molecular formula is C12H20NO2+. The molecule has 1 atom stereocenters. The Balaban J connectivity index is 2.56. The van der Waals surface area contributed by atoms with Crippen molar-refractivity contribution in [3.63, 3.8) is 0 Å². The molecule has 0 amide bonds. The lowest BCUT2D eigenvalue weighted by Crippen LogP contribution is -2.89. The third-order valence-corrected chi connectivity index (χ3v) is 2.62. The van der Waals surface area contributed by atoms with Crippen molar-refractivity contribution >= 4 is 0 Å². The number of aliphatic hydroxyl groups is 1. The third kappa shape index (κ3) is 3.53. The van der Waals surface area contributed by atoms with Crippen molar-refractivity contribution in [2.45, 2.75) is 25.9 Å². The minimum Gasteiger partial charge on any atom is -0.496 e. The average molecular weight is 210 g/mol. The average Bonchev–Trinajstić information content (AvgIpc) is 2.31. The largest absolute Gasteiger partial charge is 0.496 e. The van der Waals surface area contributed by atoms with Crippen molar-refractivity contribution in [2.24, 2.45) is 0 Å². The fourth-order valence-corrected chi connectivity index (χ4v) is 1.54. The summed E-state index contributed by atoms with van der Waals surface area (Å²) < 4.78 is 5.26. The van der Waals surface area contributed by atoms with Crippen molar-refractivity contribution in [2.75, 3.05) is 13.7 Å². The number of quaternary nitrogens is 1. The summed E-state index contributed by atoms with van der Waals surface area (Å²) in [6, 6.07) is 8.27. The van der Waals surface area contributed by atoms with Gasteiger partial charge in [0.25, 0.3) is 0 Å². The fourth-order valence-electron chi connectivity index (χ4n) is 1.54. The lowest BCUT2D eigenvalue weighted by atomic mass is 10.1. The first kappa shape index (κ1) is 12.0. The molecule has 3 nitrogen and oxygen atoms in total. The number of ether oxygens (including phenoxy) is 1. The van der Waals surface area contributed by atoms with E-state index in [1.54, 1.807) is 7.11 Å². The first-order valence-electron chi connectivity index (χ1n) is 5.37. The maximum Gasteiger partial charge on any atom is 0.127 e. The first-order valence-corrected chi connectivity index (χ1v) is 5.37. The molecule has 0 bridgehead atoms. The van der Waals surface area contributed by atoms with Crippen LogP contribution in [0.15, 0.2) is 24.3 Å². The molecule has 0 aliphatic rings. The van der Waals surface area contributed by atoms with Gasteiger partial charge in [0.2, 0.25) is 0 Å². The number of hydrogen-bond acceptors (Lipinski definition) is 2. The lowest BCUT2D eigenvalue weighted by Gasteiger charge is -2.12. The molecule has 0 saturated heterocycles. The number of benzene rings is 1. The van der Waals surface area contributed by atoms with Gasteiger partial charge in [-0.05, 0) is 18.6 Å². The Hall–Kier alpha value is -1.06. The highest BCUT2D eigenvalue weighted by atomic mass is 16.5. The zero-order chi connectivity index (χ0) is 11.1. The number of rotatable bonds is 6. The van der Waals surface area contributed by atoms with Crippen LogP contribution in [-0.4, -0.2) is 24.9 Å². The van der Waals surface area contributed by atoms with Gasteiger partial charge in [-0.2, -0.15) is 0 Å². The summed E-state index contributed by atoms with van der Waals surface area (Å²) in [5.74, 6) is 0.918. The van der Waals surface area contributed by atoms with E-state index in [-0.39, 0.29) is 12.6 Å². The van der Waals surface area contributed by atoms with E-state index < -0.39 is 0 Å². The van der Waals surface area contributed by atoms with Gasteiger partial charge in [-0.1, -0.05) is 19.1 Å². The van der Waals surface area contributed by atoms with E-state index >= 15 is 0 Å². The molecule has 0 spiro atoms. The van der Waals surface area contributed by atoms with Crippen molar-refractivity contribution in [3.8, 4) is 5.75 Å². The Morgan fingerprint density at radius 1 is 1.40 bits per heavy atom. The molecule has 0 radical (unpaired) electrons. The maximum absolute atomic E-state index is 9.07. The molecule has 0 aliphatic carbocycles. The Kier molecular flexibility index (Phi) is 5.15. The van der Waals surface area contributed by atoms with Gasteiger partial charge in [-0.15, -0.1) is 0 Å². The molecule has 0 aliphatic heterocycles. The second kappa shape index (κ2) is 6.43. The highest BCUT2D eigenvalue weighted by molar-refractivity contribution is 5.32. The highest BCUT2D eigenvalue weighted by Gasteiger charge is 2.09. The van der Waals surface area contributed by atoms with E-state index in [0.717, 1.165) is 18.7 Å². The summed E-state index contributed by atoms with van der Waals surface area (Å²) in [6.45, 7) is 3.16. The molecule has 84 valence electrons. The van der Waals surface area contributed by atoms with E-state index in [1.807, 2.05) is 18.2 Å². The van der Waals surface area contributed by atoms with Gasteiger partial charge >= 0.3 is 0 Å². The highest BCUT2D eigenvalue weighted by Crippen LogP contribution is 2.15. The number of aliphatic hydroxyl groups excluding tert-OH is 1. The van der Waals surface area contributed by atoms with Crippen molar-refractivity contribution in [1.29, 1.82) is 0 Å². The molecule has 15 heavy (non-hydrogen) atoms. The Morgan fingerprint density at radius 3 is 2.73 bits per heavy atom. The smallest absolute Gasteiger partial charge is 0.127 e. The molecule has 0 fully saturated rings. The van der Waals surface area contributed by atoms with Crippen molar-refractivity contribution < 1.29 is 15.2 Å². The normalized spacial score (nSPS) is 12.5. The van der Waals surface area contributed by atoms with Gasteiger partial charge < -0.3 is 15.2 Å². The SMILES string of the molecule is CC[C@@H](CO)[NH2+]Cc1ccccc1OC. The third-order valence-electron chi connectivity index (χ3n) is 2.62. The fraction of sp³-hybridized carbons (Fsp3) is 0.500. The number of para-hydroxylation sites is 1. The molecular weight excluding hydrogens is 190 g/mol. The van der Waals surface area contributed by atoms with E-state index in [9.17, 15) is 0 Å². The summed E-state index contributed by atoms with van der Waals surface area (Å²) in [7, 11) is 1.68. The van der Waals surface area contributed by atoms with Crippen LogP contribution in [0.1, 0.15) is 18.9 Å². The molecule has 0 aromatic heterocycles. The lowest BCUT2D eigenvalue weighted by molar-refractivity contribution is -0.706. The number of nitrogens with two attached hydrogens (primary N) is 1. The summed E-state index contributed by atoms with van der Waals surface area (Å²) in [6.07, 6.45) is 0.978. The van der Waals surface area contributed by atoms with Crippen LogP contribution in [-0.2, 0) is 6.54 Å². The predicted molar refractivity (Wildman–Crippen MR) is 59.8 cm³/mol. The van der Waals surface area contributed by atoms with Crippen LogP contribution in [0.2, 0.25) is 0 Å². The predicted octanol–water partition coefficient (Wildman–Crippen LogP) is 0.529. The van der Waals surface area contributed by atoms with Gasteiger partial charge in [0.05, 0.1) is 13.7 Å². The van der Waals surface area contributed by atoms with Gasteiger partial charge in [-0.3, -0.25) is 0 Å². The van der Waals surface area contributed by atoms with E-state index in [2.05, 4.69) is 18.3 Å². The van der Waals surface area contributed by atoms with Crippen molar-refractivity contribution in [3.05, 3.63) is 29.8 Å². The standard InChI is InChI=1S/C12H19NO2/c1-3-11(9-14)13-8-10-6-4-5-7-12(10)15-2/h4-7,11,13-14H,3,8-9H2,1-2H3/p+1/t11-/m0/s1. The van der Waals surface area contributed by atoms with Crippen LogP contribution in [0.5, 0.6) is 5.75 Å². The van der Waals surface area contributed by atoms with Crippen LogP contribution >= 0.6 is 0 Å². The Labute approximate surface area is 91.1 Å². The van der Waals surface area contributed by atoms with E-state index in [4.69, 9.17) is 9.84 Å². The Bertz CT molecular complexity index is 285. The molecule has 0 unspecified atom stereocenters.